The lowest BCUT2D eigenvalue weighted by Gasteiger charge is -2.19. The molecule has 0 saturated carbocycles. The van der Waals surface area contributed by atoms with Gasteiger partial charge in [-0.2, -0.15) is 0 Å². The van der Waals surface area contributed by atoms with Gasteiger partial charge in [-0.15, -0.1) is 0 Å². The number of rotatable bonds is 10. The molecule has 0 heterocycles. The van der Waals surface area contributed by atoms with Crippen LogP contribution in [0.3, 0.4) is 0 Å². The summed E-state index contributed by atoms with van der Waals surface area (Å²) in [6.45, 7) is 6.95. The second-order valence-corrected chi connectivity index (χ2v) is 5.10. The largest absolute Gasteiger partial charge is 0.532 e. The summed E-state index contributed by atoms with van der Waals surface area (Å²) < 4.78 is 36.8. The van der Waals surface area contributed by atoms with Gasteiger partial charge in [-0.1, -0.05) is 11.6 Å². The van der Waals surface area contributed by atoms with Crippen molar-refractivity contribution in [3.8, 4) is 0 Å². The van der Waals surface area contributed by atoms with Gasteiger partial charge in [-0.05, 0) is 27.7 Å². The lowest BCUT2D eigenvalue weighted by Crippen LogP contribution is -2.11. The molecule has 0 bridgehead atoms. The molecule has 7 nitrogen and oxygen atoms in total. The summed E-state index contributed by atoms with van der Waals surface area (Å²) in [6, 6.07) is 0. The molecule has 0 saturated heterocycles. The minimum Gasteiger partial charge on any atom is -0.464 e. The van der Waals surface area contributed by atoms with Crippen LogP contribution in [-0.2, 0) is 32.4 Å². The van der Waals surface area contributed by atoms with E-state index in [4.69, 9.17) is 34.6 Å². The zero-order valence-electron chi connectivity index (χ0n) is 12.0. The van der Waals surface area contributed by atoms with Crippen LogP contribution in [0.15, 0.2) is 11.0 Å². The molecule has 9 heteroatoms. The molecule has 0 fully saturated rings. The summed E-state index contributed by atoms with van der Waals surface area (Å²) in [7, 11) is -3.89. The lowest BCUT2D eigenvalue weighted by atomic mass is 10.6. The summed E-state index contributed by atoms with van der Waals surface area (Å²) in [5.74, 6) is -1.30. The molecule has 118 valence electrons. The fourth-order valence-electron chi connectivity index (χ4n) is 1.05. The molecule has 0 atom stereocenters. The average molecular weight is 331 g/mol. The summed E-state index contributed by atoms with van der Waals surface area (Å²) in [5, 5.41) is -0.465. The van der Waals surface area contributed by atoms with E-state index in [1.807, 2.05) is 0 Å². The number of phosphoric ester groups is 1. The van der Waals surface area contributed by atoms with Gasteiger partial charge in [0.25, 0.3) is 0 Å². The maximum atomic E-state index is 12.2. The van der Waals surface area contributed by atoms with Crippen molar-refractivity contribution in [1.29, 1.82) is 0 Å². The molecule has 0 radical (unpaired) electrons. The van der Waals surface area contributed by atoms with Crippen molar-refractivity contribution in [2.45, 2.75) is 27.7 Å². The van der Waals surface area contributed by atoms with E-state index in [-0.39, 0.29) is 26.4 Å². The molecule has 0 aliphatic carbocycles. The van der Waals surface area contributed by atoms with Crippen molar-refractivity contribution in [2.24, 2.45) is 0 Å². The highest BCUT2D eigenvalue weighted by atomic mass is 35.5. The molecule has 0 aromatic rings. The number of ether oxygens (including phenoxy) is 2. The molecule has 0 aliphatic heterocycles. The van der Waals surface area contributed by atoms with Crippen LogP contribution in [0.4, 0.5) is 0 Å². The van der Waals surface area contributed by atoms with Crippen molar-refractivity contribution >= 4 is 25.4 Å². The topological polar surface area (TPSA) is 80.3 Å². The average Bonchev–Trinajstić information content (AvgIpc) is 2.38. The van der Waals surface area contributed by atoms with Gasteiger partial charge in [0.15, 0.2) is 0 Å². The normalized spacial score (nSPS) is 12.7. The number of phosphoric acid groups is 1. The molecular formula is C11H20ClO7P. The van der Waals surface area contributed by atoms with Crippen LogP contribution in [0.2, 0.25) is 0 Å². The van der Waals surface area contributed by atoms with Crippen molar-refractivity contribution < 1.29 is 32.4 Å². The fraction of sp³-hybridized carbons (Fsp3) is 0.727. The number of halogens is 1. The Labute approximate surface area is 123 Å². The van der Waals surface area contributed by atoms with E-state index in [0.29, 0.717) is 0 Å². The molecule has 20 heavy (non-hydrogen) atoms. The first-order chi connectivity index (χ1) is 9.44. The predicted molar refractivity (Wildman–Crippen MR) is 73.1 cm³/mol. The molecule has 0 N–H and O–H groups in total. The van der Waals surface area contributed by atoms with Crippen molar-refractivity contribution in [2.75, 3.05) is 26.4 Å². The molecular weight excluding hydrogens is 311 g/mol. The van der Waals surface area contributed by atoms with Crippen LogP contribution in [0.5, 0.6) is 0 Å². The van der Waals surface area contributed by atoms with E-state index in [0.717, 1.165) is 0 Å². The maximum Gasteiger partial charge on any atom is 0.532 e. The number of hydrogen-bond acceptors (Lipinski definition) is 7. The minimum absolute atomic E-state index is 0.0910. The molecule has 0 unspecified atom stereocenters. The number of carbonyl (C=O) groups is 1. The molecule has 0 amide bonds. The van der Waals surface area contributed by atoms with Crippen LogP contribution in [-0.4, -0.2) is 32.4 Å². The molecule has 0 rings (SSSR count). The van der Waals surface area contributed by atoms with Gasteiger partial charge in [-0.3, -0.25) is 9.05 Å². The monoisotopic (exact) mass is 330 g/mol. The highest BCUT2D eigenvalue weighted by Gasteiger charge is 2.32. The van der Waals surface area contributed by atoms with Gasteiger partial charge in [0.1, 0.15) is 0 Å². The number of hydrogen-bond donors (Lipinski definition) is 0. The first kappa shape index (κ1) is 19.2. The van der Waals surface area contributed by atoms with E-state index in [2.05, 4.69) is 0 Å². The van der Waals surface area contributed by atoms with Gasteiger partial charge in [0.05, 0.1) is 26.4 Å². The minimum atomic E-state index is -3.89. The smallest absolute Gasteiger partial charge is 0.464 e. The summed E-state index contributed by atoms with van der Waals surface area (Å²) in [5.41, 5.74) is 0. The standard InChI is InChI=1S/C11H20ClO7P/c1-5-15-10(13)9(12)11(16-6-2)19-20(14,17-7-3)18-8-4/h5-8H2,1-4H3/b11-9+. The van der Waals surface area contributed by atoms with Crippen LogP contribution < -0.4 is 0 Å². The Morgan fingerprint density at radius 3 is 1.85 bits per heavy atom. The van der Waals surface area contributed by atoms with Crippen LogP contribution in [0, 0.1) is 0 Å². The predicted octanol–water partition coefficient (Wildman–Crippen LogP) is 3.19. The van der Waals surface area contributed by atoms with E-state index in [9.17, 15) is 9.36 Å². The van der Waals surface area contributed by atoms with Crippen LogP contribution >= 0.6 is 19.4 Å². The summed E-state index contributed by atoms with van der Waals surface area (Å²) in [6.07, 6.45) is 0. The van der Waals surface area contributed by atoms with E-state index < -0.39 is 24.8 Å². The lowest BCUT2D eigenvalue weighted by molar-refractivity contribution is -0.138. The number of esters is 1. The van der Waals surface area contributed by atoms with Crippen LogP contribution in [0.1, 0.15) is 27.7 Å². The zero-order chi connectivity index (χ0) is 15.6. The highest BCUT2D eigenvalue weighted by Crippen LogP contribution is 2.51. The van der Waals surface area contributed by atoms with Gasteiger partial charge < -0.3 is 14.0 Å². The van der Waals surface area contributed by atoms with Crippen LogP contribution in [0.25, 0.3) is 0 Å². The molecule has 0 aromatic carbocycles. The Balaban J connectivity index is 5.21. The third-order valence-electron chi connectivity index (χ3n) is 1.68. The molecule has 0 aromatic heterocycles. The van der Waals surface area contributed by atoms with Gasteiger partial charge in [0.2, 0.25) is 5.03 Å². The Bertz CT molecular complexity index is 373. The third-order valence-corrected chi connectivity index (χ3v) is 3.53. The third kappa shape index (κ3) is 6.61. The second-order valence-electron chi connectivity index (χ2n) is 3.13. The zero-order valence-corrected chi connectivity index (χ0v) is 13.7. The molecule has 0 spiro atoms. The Morgan fingerprint density at radius 1 is 0.950 bits per heavy atom. The molecule has 0 aliphatic rings. The van der Waals surface area contributed by atoms with Crippen molar-refractivity contribution in [1.82, 2.24) is 0 Å². The van der Waals surface area contributed by atoms with Gasteiger partial charge in [-0.25, -0.2) is 9.36 Å². The Kier molecular flexibility index (Phi) is 9.67. The van der Waals surface area contributed by atoms with Crippen molar-refractivity contribution in [3.63, 3.8) is 0 Å². The first-order valence-electron chi connectivity index (χ1n) is 6.22. The second kappa shape index (κ2) is 10.0. The summed E-state index contributed by atoms with van der Waals surface area (Å²) in [4.78, 5) is 11.5. The maximum absolute atomic E-state index is 12.2. The van der Waals surface area contributed by atoms with E-state index >= 15 is 0 Å². The highest BCUT2D eigenvalue weighted by molar-refractivity contribution is 7.48. The Hall–Kier alpha value is -0.750. The van der Waals surface area contributed by atoms with E-state index in [1.165, 1.54) is 0 Å². The van der Waals surface area contributed by atoms with Gasteiger partial charge >= 0.3 is 19.7 Å². The fourth-order valence-corrected chi connectivity index (χ4v) is 2.41. The Morgan fingerprint density at radius 2 is 1.45 bits per heavy atom. The van der Waals surface area contributed by atoms with E-state index in [1.54, 1.807) is 27.7 Å². The quantitative estimate of drug-likeness (QED) is 0.263. The SMILES string of the molecule is CCOC(=O)/C(Cl)=C(/OCC)OP(=O)(OCC)OCC. The van der Waals surface area contributed by atoms with Gasteiger partial charge in [0, 0.05) is 0 Å². The summed E-state index contributed by atoms with van der Waals surface area (Å²) >= 11 is 5.78. The first-order valence-corrected chi connectivity index (χ1v) is 8.06. The van der Waals surface area contributed by atoms with Crippen molar-refractivity contribution in [3.05, 3.63) is 11.0 Å². The number of carbonyl (C=O) groups excluding carboxylic acids is 1.